The first kappa shape index (κ1) is 21.5. The number of benzene rings is 1. The minimum atomic E-state index is -0.450. The van der Waals surface area contributed by atoms with E-state index in [1.807, 2.05) is 19.3 Å². The standard InChI is InChI=1S/C25H31N7O/c1-6-32-23-17(13-25(32,2)3)11-18(14-27-23)24-28-20-12-16(22(26)33)7-8-21(20)31(24)15-19-9-10-29(4)30(19)5/h7-12,14,19H,6,13,15H2,1-5H3,(H2,26,33). The maximum absolute atomic E-state index is 11.8. The second-order valence-electron chi connectivity index (χ2n) is 9.61. The number of fused-ring (bicyclic) bond motifs is 2. The van der Waals surface area contributed by atoms with Crippen LogP contribution in [0.25, 0.3) is 22.4 Å². The highest BCUT2D eigenvalue weighted by Gasteiger charge is 2.36. The Kier molecular flexibility index (Phi) is 4.93. The third kappa shape index (κ3) is 3.45. The number of pyridine rings is 1. The average Bonchev–Trinajstić information content (AvgIpc) is 3.38. The minimum Gasteiger partial charge on any atom is -0.366 e. The van der Waals surface area contributed by atoms with Crippen molar-refractivity contribution < 1.29 is 4.79 Å². The van der Waals surface area contributed by atoms with E-state index < -0.39 is 5.91 Å². The van der Waals surface area contributed by atoms with E-state index in [-0.39, 0.29) is 11.6 Å². The van der Waals surface area contributed by atoms with E-state index in [2.05, 4.69) is 65.6 Å². The molecule has 0 aliphatic carbocycles. The summed E-state index contributed by atoms with van der Waals surface area (Å²) in [5.41, 5.74) is 10.00. The normalized spacial score (nSPS) is 19.6. The SMILES string of the molecule is CCN1c2ncc(-c3nc4cc(C(N)=O)ccc4n3CC3C=CN(C)N3C)cc2CC1(C)C. The molecule has 1 amide bonds. The van der Waals surface area contributed by atoms with Gasteiger partial charge in [0, 0.05) is 56.2 Å². The summed E-state index contributed by atoms with van der Waals surface area (Å²) in [5.74, 6) is 1.46. The fourth-order valence-electron chi connectivity index (χ4n) is 5.17. The molecule has 0 spiro atoms. The number of carbonyl (C=O) groups is 1. The number of primary amides is 1. The van der Waals surface area contributed by atoms with Gasteiger partial charge in [-0.2, -0.15) is 0 Å². The molecule has 3 aromatic rings. The third-order valence-corrected chi connectivity index (χ3v) is 7.03. The van der Waals surface area contributed by atoms with Gasteiger partial charge in [0.1, 0.15) is 11.6 Å². The van der Waals surface area contributed by atoms with E-state index in [0.29, 0.717) is 5.56 Å². The smallest absolute Gasteiger partial charge is 0.248 e. The molecule has 1 atom stereocenters. The van der Waals surface area contributed by atoms with Crippen molar-refractivity contribution in [3.63, 3.8) is 0 Å². The predicted molar refractivity (Wildman–Crippen MR) is 131 cm³/mol. The van der Waals surface area contributed by atoms with Crippen LogP contribution in [0.2, 0.25) is 0 Å². The highest BCUT2D eigenvalue weighted by Crippen LogP contribution is 2.39. The molecular weight excluding hydrogens is 414 g/mol. The van der Waals surface area contributed by atoms with Gasteiger partial charge in [0.2, 0.25) is 5.91 Å². The Hall–Kier alpha value is -3.39. The number of imidazole rings is 1. The number of hydrogen-bond donors (Lipinski definition) is 1. The van der Waals surface area contributed by atoms with Crippen LogP contribution in [0.5, 0.6) is 0 Å². The van der Waals surface area contributed by atoms with Crippen LogP contribution >= 0.6 is 0 Å². The van der Waals surface area contributed by atoms with Crippen molar-refractivity contribution in [2.24, 2.45) is 5.73 Å². The van der Waals surface area contributed by atoms with Crippen LogP contribution in [0.15, 0.2) is 42.7 Å². The molecular formula is C25H31N7O. The molecule has 8 nitrogen and oxygen atoms in total. The number of nitrogens with zero attached hydrogens (tertiary/aromatic N) is 6. The monoisotopic (exact) mass is 445 g/mol. The lowest BCUT2D eigenvalue weighted by molar-refractivity contribution is 0.0674. The molecule has 1 aromatic carbocycles. The first-order valence-electron chi connectivity index (χ1n) is 11.4. The lowest BCUT2D eigenvalue weighted by Crippen LogP contribution is -2.41. The second kappa shape index (κ2) is 7.59. The predicted octanol–water partition coefficient (Wildman–Crippen LogP) is 3.03. The van der Waals surface area contributed by atoms with E-state index >= 15 is 0 Å². The molecule has 2 N–H and O–H groups in total. The molecule has 8 heteroatoms. The van der Waals surface area contributed by atoms with Gasteiger partial charge in [0.15, 0.2) is 0 Å². The zero-order valence-electron chi connectivity index (χ0n) is 19.9. The molecule has 2 aromatic heterocycles. The zero-order chi connectivity index (χ0) is 23.5. The van der Waals surface area contributed by atoms with Crippen LogP contribution < -0.4 is 10.6 Å². The van der Waals surface area contributed by atoms with Crippen molar-refractivity contribution in [3.05, 3.63) is 53.9 Å². The maximum Gasteiger partial charge on any atom is 0.248 e. The van der Waals surface area contributed by atoms with Crippen molar-refractivity contribution in [1.82, 2.24) is 24.6 Å². The van der Waals surface area contributed by atoms with Gasteiger partial charge in [-0.1, -0.05) is 0 Å². The first-order chi connectivity index (χ1) is 15.7. The van der Waals surface area contributed by atoms with Crippen LogP contribution in [0.1, 0.15) is 36.7 Å². The molecule has 0 fully saturated rings. The summed E-state index contributed by atoms with van der Waals surface area (Å²) in [7, 11) is 4.11. The Bertz CT molecular complexity index is 1280. The van der Waals surface area contributed by atoms with Gasteiger partial charge in [-0.05, 0) is 63.1 Å². The van der Waals surface area contributed by atoms with Crippen LogP contribution in [0.4, 0.5) is 5.82 Å². The quantitative estimate of drug-likeness (QED) is 0.650. The van der Waals surface area contributed by atoms with Crippen molar-refractivity contribution in [3.8, 4) is 11.4 Å². The number of hydrazine groups is 1. The highest BCUT2D eigenvalue weighted by atomic mass is 16.1. The van der Waals surface area contributed by atoms with E-state index in [1.54, 1.807) is 12.1 Å². The number of rotatable bonds is 5. The largest absolute Gasteiger partial charge is 0.366 e. The van der Waals surface area contributed by atoms with Crippen LogP contribution in [0, 0.1) is 0 Å². The topological polar surface area (TPSA) is 83.5 Å². The van der Waals surface area contributed by atoms with E-state index in [1.165, 1.54) is 5.56 Å². The van der Waals surface area contributed by atoms with Crippen LogP contribution in [-0.2, 0) is 13.0 Å². The Morgan fingerprint density at radius 3 is 2.70 bits per heavy atom. The molecule has 0 saturated carbocycles. The fraction of sp³-hybridized carbons (Fsp3) is 0.400. The van der Waals surface area contributed by atoms with Crippen molar-refractivity contribution in [2.75, 3.05) is 25.5 Å². The van der Waals surface area contributed by atoms with Crippen molar-refractivity contribution in [2.45, 2.75) is 45.3 Å². The molecule has 2 aliphatic rings. The van der Waals surface area contributed by atoms with Crippen molar-refractivity contribution in [1.29, 1.82) is 0 Å². The molecule has 172 valence electrons. The molecule has 5 rings (SSSR count). The number of amides is 1. The first-order valence-corrected chi connectivity index (χ1v) is 11.4. The summed E-state index contributed by atoms with van der Waals surface area (Å²) in [6.45, 7) is 8.34. The Morgan fingerprint density at radius 2 is 2.03 bits per heavy atom. The number of likely N-dealkylation sites (N-methyl/N-ethyl adjacent to an activating group) is 2. The Balaban J connectivity index is 1.63. The maximum atomic E-state index is 11.8. The highest BCUT2D eigenvalue weighted by molar-refractivity contribution is 5.96. The number of nitrogens with two attached hydrogens (primary N) is 1. The molecule has 2 aliphatic heterocycles. The molecule has 4 heterocycles. The Morgan fingerprint density at radius 1 is 1.24 bits per heavy atom. The molecule has 33 heavy (non-hydrogen) atoms. The number of aromatic nitrogens is 3. The summed E-state index contributed by atoms with van der Waals surface area (Å²) in [6, 6.07) is 7.92. The number of hydrogen-bond acceptors (Lipinski definition) is 6. The second-order valence-corrected chi connectivity index (χ2v) is 9.61. The van der Waals surface area contributed by atoms with Gasteiger partial charge in [0.05, 0.1) is 17.1 Å². The summed E-state index contributed by atoms with van der Waals surface area (Å²) in [6.07, 6.45) is 7.14. The van der Waals surface area contributed by atoms with E-state index in [9.17, 15) is 4.79 Å². The van der Waals surface area contributed by atoms with Gasteiger partial charge in [0.25, 0.3) is 0 Å². The third-order valence-electron chi connectivity index (χ3n) is 7.03. The number of anilines is 1. The summed E-state index contributed by atoms with van der Waals surface area (Å²) in [4.78, 5) is 24.0. The van der Waals surface area contributed by atoms with Gasteiger partial charge in [-0.15, -0.1) is 0 Å². The van der Waals surface area contributed by atoms with Crippen LogP contribution in [0.3, 0.4) is 0 Å². The minimum absolute atomic E-state index is 0.0428. The Labute approximate surface area is 194 Å². The molecule has 1 unspecified atom stereocenters. The summed E-state index contributed by atoms with van der Waals surface area (Å²) >= 11 is 0. The number of carbonyl (C=O) groups excluding carboxylic acids is 1. The summed E-state index contributed by atoms with van der Waals surface area (Å²) < 4.78 is 2.23. The lowest BCUT2D eigenvalue weighted by atomic mass is 9.99. The van der Waals surface area contributed by atoms with Crippen LogP contribution in [-0.4, -0.2) is 62.7 Å². The lowest BCUT2D eigenvalue weighted by Gasteiger charge is -2.32. The molecule has 0 radical (unpaired) electrons. The fourth-order valence-corrected chi connectivity index (χ4v) is 5.17. The van der Waals surface area contributed by atoms with Crippen molar-refractivity contribution >= 4 is 22.8 Å². The summed E-state index contributed by atoms with van der Waals surface area (Å²) in [5, 5.41) is 4.27. The van der Waals surface area contributed by atoms with Gasteiger partial charge in [-0.3, -0.25) is 4.79 Å². The van der Waals surface area contributed by atoms with E-state index in [4.69, 9.17) is 15.7 Å². The zero-order valence-corrected chi connectivity index (χ0v) is 19.9. The van der Waals surface area contributed by atoms with E-state index in [0.717, 1.165) is 47.7 Å². The molecule has 0 saturated heterocycles. The average molecular weight is 446 g/mol. The van der Waals surface area contributed by atoms with Gasteiger partial charge < -0.3 is 20.2 Å². The molecule has 0 bridgehead atoms. The van der Waals surface area contributed by atoms with Gasteiger partial charge in [-0.25, -0.2) is 15.0 Å². The van der Waals surface area contributed by atoms with Gasteiger partial charge >= 0.3 is 0 Å².